The summed E-state index contributed by atoms with van der Waals surface area (Å²) in [6.45, 7) is 0. The summed E-state index contributed by atoms with van der Waals surface area (Å²) < 4.78 is -1.04. The average Bonchev–Trinajstić information content (AvgIpc) is 1.95. The lowest BCUT2D eigenvalue weighted by atomic mass is 10.1. The molecule has 0 aromatic heterocycles. The number of aliphatic hydroxyl groups is 1. The van der Waals surface area contributed by atoms with Gasteiger partial charge in [0.1, 0.15) is 1.43 Å². The van der Waals surface area contributed by atoms with Crippen molar-refractivity contribution in [3.8, 4) is 0 Å². The van der Waals surface area contributed by atoms with Gasteiger partial charge in [-0.1, -0.05) is 248 Å². The van der Waals surface area contributed by atoms with Crippen LogP contribution < -0.4 is 0 Å². The van der Waals surface area contributed by atoms with Crippen molar-refractivity contribution in [2.24, 2.45) is 0 Å². The summed E-state index contributed by atoms with van der Waals surface area (Å²) in [7, 11) is 0. The maximum absolute atomic E-state index is 11.5. The van der Waals surface area contributed by atoms with Crippen molar-refractivity contribution in [2.45, 2.75) is 5.34 Å². The van der Waals surface area contributed by atoms with Crippen LogP contribution in [0.25, 0.3) is 0 Å². The fourth-order valence-corrected chi connectivity index (χ4v) is 19.2. The van der Waals surface area contributed by atoms with Crippen LogP contribution in [0.3, 0.4) is 0 Å². The predicted molar refractivity (Wildman–Crippen MR) is 170 cm³/mol. The van der Waals surface area contributed by atoms with Gasteiger partial charge in [0.2, 0.25) is 0 Å². The molecule has 1 N–H and O–H groups in total. The van der Waals surface area contributed by atoms with Gasteiger partial charge in [-0.25, -0.2) is 0 Å². The van der Waals surface area contributed by atoms with Crippen molar-refractivity contribution in [2.75, 3.05) is 0 Å². The topological polar surface area (TPSA) is 20.2 Å². The van der Waals surface area contributed by atoms with Gasteiger partial charge in [-0.15, -0.1) is 0 Å². The van der Waals surface area contributed by atoms with Gasteiger partial charge in [-0.05, 0) is 0 Å². The Morgan fingerprint density at radius 1 is 0.471 bits per heavy atom. The molecule has 0 atom stereocenters. The van der Waals surface area contributed by atoms with E-state index in [2.05, 4.69) is 248 Å². The van der Waals surface area contributed by atoms with Crippen molar-refractivity contribution >= 4 is 248 Å². The van der Waals surface area contributed by atoms with E-state index in [-0.39, 0.29) is -0.266 Å². The summed E-state index contributed by atoms with van der Waals surface area (Å²) in [6.07, 6.45) is 0. The molecule has 0 aliphatic carbocycles. The second-order valence-electron chi connectivity index (χ2n) is 2.78. The van der Waals surface area contributed by atoms with Crippen LogP contribution in [0.15, 0.2) is 0 Å². The van der Waals surface area contributed by atoms with Crippen LogP contribution in [0.1, 0.15) is 0 Å². The second-order valence-corrected chi connectivity index (χ2v) is 41.2. The normalized spacial score (nSPS) is 16.2. The number of rotatable bonds is 4. The molecule has 0 aliphatic rings. The van der Waals surface area contributed by atoms with Gasteiger partial charge in [0.25, 0.3) is 0 Å². The fraction of sp³-hybridized carbons (Fsp3) is 1.00. The third-order valence-electron chi connectivity index (χ3n) is 1.63. The minimum absolute atomic E-state index is 0.102. The van der Waals surface area contributed by atoms with E-state index in [1.54, 1.807) is 0 Å². The summed E-state index contributed by atoms with van der Waals surface area (Å²) in [5.41, 5.74) is -0.874. The molecule has 0 rings (SSSR count). The Labute approximate surface area is 251 Å². The molecule has 0 unspecified atom stereocenters. The van der Waals surface area contributed by atoms with Crippen LogP contribution in [0.2, 0.25) is 0 Å². The highest BCUT2D eigenvalue weighted by molar-refractivity contribution is 14.3. The van der Waals surface area contributed by atoms with Crippen molar-refractivity contribution in [1.29, 1.82) is 0 Å². The lowest BCUT2D eigenvalue weighted by molar-refractivity contribution is 0.0836. The van der Waals surface area contributed by atoms with Crippen LogP contribution in [-0.2, 0) is 0 Å². The van der Waals surface area contributed by atoms with Gasteiger partial charge >= 0.3 is 0 Å². The van der Waals surface area contributed by atoms with E-state index in [1.807, 2.05) is 0 Å². The molecule has 0 bridgehead atoms. The first-order valence-electron chi connectivity index (χ1n) is 3.30. The smallest absolute Gasteiger partial charge is 0.157 e. The van der Waals surface area contributed by atoms with Crippen LogP contribution in [0.4, 0.5) is 0 Å². The Hall–Kier alpha value is 7.99. The highest BCUT2D eigenvalue weighted by Gasteiger charge is 2.72. The highest BCUT2D eigenvalue weighted by atomic mass is 127. The molecule has 0 heterocycles. The summed E-state index contributed by atoms with van der Waals surface area (Å²) in [5.74, 6) is 0. The summed E-state index contributed by atoms with van der Waals surface area (Å²) >= 11 is 26.0. The van der Waals surface area contributed by atoms with E-state index in [9.17, 15) is 5.11 Å². The first kappa shape index (κ1) is 25.0. The molecular weight excluding hydrogens is 1470 g/mol. The SMILES string of the molecule is OC(C(I)(I)I)(C(I)(I)I)C(I)(I)C(I)(I)I. The van der Waals surface area contributed by atoms with E-state index in [0.717, 1.165) is 0 Å². The Morgan fingerprint density at radius 3 is 0.765 bits per heavy atom. The third-order valence-corrected chi connectivity index (χ3v) is 18.1. The molecule has 1 nitrogen and oxygen atoms in total. The van der Waals surface area contributed by atoms with Gasteiger partial charge in [0.15, 0.2) is 3.91 Å². The average molecular weight is 1470 g/mol. The maximum atomic E-state index is 11.5. The molecule has 0 saturated carbocycles. The van der Waals surface area contributed by atoms with Gasteiger partial charge in [-0.3, -0.25) is 0 Å². The Balaban J connectivity index is 6.04. The predicted octanol–water partition coefficient (Wildman–Crippen LogP) is 8.16. The Morgan fingerprint density at radius 2 is 0.706 bits per heavy atom. The largest absolute Gasteiger partial charge is 0.381 e. The second kappa shape index (κ2) is 8.79. The van der Waals surface area contributed by atoms with Crippen LogP contribution in [0, 0.1) is 0 Å². The van der Waals surface area contributed by atoms with E-state index >= 15 is 0 Å². The lowest BCUT2D eigenvalue weighted by Gasteiger charge is -2.52. The van der Waals surface area contributed by atoms with Crippen molar-refractivity contribution in [3.63, 3.8) is 0 Å². The molecule has 12 heteroatoms. The molecule has 0 aliphatic heterocycles. The lowest BCUT2D eigenvalue weighted by Crippen LogP contribution is -2.66. The van der Waals surface area contributed by atoms with Gasteiger partial charge in [-0.2, -0.15) is 0 Å². The van der Waals surface area contributed by atoms with E-state index in [1.165, 1.54) is 0 Å². The molecule has 0 spiro atoms. The number of hydrogen-bond acceptors (Lipinski definition) is 1. The molecule has 104 valence electrons. The zero-order chi connectivity index (χ0) is 14.5. The molecular formula is C5HI11O. The van der Waals surface area contributed by atoms with E-state index in [0.29, 0.717) is 0 Å². The number of halogens is 11. The zero-order valence-corrected chi connectivity index (χ0v) is 30.8. The number of alkyl halides is 11. The monoisotopic (exact) mass is 1470 g/mol. The third kappa shape index (κ3) is 5.99. The fourth-order valence-electron chi connectivity index (χ4n) is 0.722. The minimum Gasteiger partial charge on any atom is -0.381 e. The Kier molecular flexibility index (Phi) is 12.9. The van der Waals surface area contributed by atoms with E-state index < -0.39 is 5.60 Å². The quantitative estimate of drug-likeness (QED) is 0.223. The van der Waals surface area contributed by atoms with Crippen molar-refractivity contribution in [1.82, 2.24) is 0 Å². The van der Waals surface area contributed by atoms with Crippen molar-refractivity contribution < 1.29 is 5.11 Å². The summed E-state index contributed by atoms with van der Waals surface area (Å²) in [6, 6.07) is 0. The zero-order valence-electron chi connectivity index (χ0n) is 7.10. The first-order chi connectivity index (χ1) is 7.00. The van der Waals surface area contributed by atoms with Gasteiger partial charge < -0.3 is 5.11 Å². The standard InChI is InChI=1S/C5HI11O/c6-2(7,5(14,15)16)1(17,3(8,9)10)4(11,12)13/h17H. The molecule has 17 heavy (non-hydrogen) atoms. The van der Waals surface area contributed by atoms with Crippen LogP contribution >= 0.6 is 248 Å². The Bertz CT molecular complexity index is 266. The molecule has 0 fully saturated rings. The van der Waals surface area contributed by atoms with Gasteiger partial charge in [0.05, 0.1) is 0 Å². The van der Waals surface area contributed by atoms with Crippen LogP contribution in [-0.4, -0.2) is 10.4 Å². The number of hydrogen-bond donors (Lipinski definition) is 1. The van der Waals surface area contributed by atoms with E-state index in [4.69, 9.17) is 0 Å². The van der Waals surface area contributed by atoms with Crippen LogP contribution in [0.5, 0.6) is 0 Å². The first-order valence-corrected chi connectivity index (χ1v) is 15.2. The maximum Gasteiger partial charge on any atom is 0.157 e. The molecule has 0 saturated heterocycles. The summed E-state index contributed by atoms with van der Waals surface area (Å²) in [4.78, 5) is 0. The van der Waals surface area contributed by atoms with Gasteiger partial charge in [0, 0.05) is 0 Å². The minimum atomic E-state index is -0.874. The molecule has 0 radical (unpaired) electrons. The molecule has 0 amide bonds. The molecule has 0 aromatic carbocycles. The van der Waals surface area contributed by atoms with Crippen molar-refractivity contribution in [3.05, 3.63) is 0 Å². The molecule has 0 aromatic rings. The summed E-state index contributed by atoms with van der Waals surface area (Å²) in [5, 5.41) is 11.5. The highest BCUT2D eigenvalue weighted by Crippen LogP contribution is 2.72.